The zero-order valence-corrected chi connectivity index (χ0v) is 10.1. The van der Waals surface area contributed by atoms with Crippen LogP contribution in [0, 0.1) is 12.3 Å². The third kappa shape index (κ3) is 2.07. The molecule has 1 fully saturated rings. The topological polar surface area (TPSA) is 49.4 Å². The number of piperazine rings is 1. The molecule has 92 valence electrons. The molecule has 0 saturated carbocycles. The Morgan fingerprint density at radius 3 is 2.67 bits per heavy atom. The van der Waals surface area contributed by atoms with E-state index >= 15 is 0 Å². The van der Waals surface area contributed by atoms with E-state index in [0.717, 1.165) is 5.56 Å². The van der Waals surface area contributed by atoms with Crippen molar-refractivity contribution in [2.75, 3.05) is 6.54 Å². The first-order valence-electron chi connectivity index (χ1n) is 5.75. The van der Waals surface area contributed by atoms with Gasteiger partial charge in [0.25, 0.3) is 0 Å². The summed E-state index contributed by atoms with van der Waals surface area (Å²) in [5.74, 6) is 2.16. The van der Waals surface area contributed by atoms with E-state index in [1.165, 1.54) is 4.90 Å². The molecule has 2 atom stereocenters. The molecule has 4 heteroatoms. The Balaban J connectivity index is 2.42. The van der Waals surface area contributed by atoms with E-state index in [9.17, 15) is 9.59 Å². The van der Waals surface area contributed by atoms with Crippen LogP contribution in [0.4, 0.5) is 0 Å². The summed E-state index contributed by atoms with van der Waals surface area (Å²) in [7, 11) is 0. The average Bonchev–Trinajstić information content (AvgIpc) is 2.41. The predicted molar refractivity (Wildman–Crippen MR) is 67.3 cm³/mol. The number of nitrogens with zero attached hydrogens (tertiary/aromatic N) is 1. The van der Waals surface area contributed by atoms with E-state index in [1.54, 1.807) is 6.92 Å². The van der Waals surface area contributed by atoms with E-state index in [4.69, 9.17) is 6.42 Å². The van der Waals surface area contributed by atoms with Crippen LogP contribution < -0.4 is 5.32 Å². The first-order chi connectivity index (χ1) is 8.65. The Morgan fingerprint density at radius 1 is 1.39 bits per heavy atom. The highest BCUT2D eigenvalue weighted by molar-refractivity contribution is 5.95. The number of benzene rings is 1. The third-order valence-electron chi connectivity index (χ3n) is 3.00. The van der Waals surface area contributed by atoms with E-state index in [1.807, 2.05) is 30.3 Å². The molecule has 2 amide bonds. The molecular formula is C14H14N2O2. The molecule has 0 spiro atoms. The van der Waals surface area contributed by atoms with Gasteiger partial charge in [-0.25, -0.2) is 0 Å². The summed E-state index contributed by atoms with van der Waals surface area (Å²) in [5.41, 5.74) is 0.769. The molecule has 1 aliphatic heterocycles. The number of amides is 2. The second kappa shape index (κ2) is 4.92. The zero-order chi connectivity index (χ0) is 13.1. The molecule has 1 N–H and O–H groups in total. The van der Waals surface area contributed by atoms with Gasteiger partial charge in [-0.2, -0.15) is 0 Å². The number of terminal acetylenes is 1. The minimum atomic E-state index is -0.640. The molecule has 4 nitrogen and oxygen atoms in total. The Bertz CT molecular complexity index is 504. The molecule has 1 aromatic rings. The lowest BCUT2D eigenvalue weighted by molar-refractivity contribution is -0.147. The third-order valence-corrected chi connectivity index (χ3v) is 3.00. The first-order valence-corrected chi connectivity index (χ1v) is 5.75. The number of hydrogen-bond donors (Lipinski definition) is 1. The number of carbonyl (C=O) groups excluding carboxylic acids is 2. The summed E-state index contributed by atoms with van der Waals surface area (Å²) >= 11 is 0. The van der Waals surface area contributed by atoms with Gasteiger partial charge in [-0.05, 0) is 12.5 Å². The molecule has 0 aromatic heterocycles. The van der Waals surface area contributed by atoms with Crippen LogP contribution in [0.25, 0.3) is 0 Å². The Kier molecular flexibility index (Phi) is 3.33. The fourth-order valence-corrected chi connectivity index (χ4v) is 2.09. The van der Waals surface area contributed by atoms with E-state index in [2.05, 4.69) is 11.2 Å². The zero-order valence-electron chi connectivity index (χ0n) is 10.1. The van der Waals surface area contributed by atoms with Crippen molar-refractivity contribution in [1.82, 2.24) is 10.2 Å². The smallest absolute Gasteiger partial charge is 0.247 e. The summed E-state index contributed by atoms with van der Waals surface area (Å²) in [6, 6.07) is 8.12. The molecule has 18 heavy (non-hydrogen) atoms. The first kappa shape index (κ1) is 12.2. The number of rotatable bonds is 2. The molecule has 1 saturated heterocycles. The Labute approximate surface area is 106 Å². The number of hydrogen-bond acceptors (Lipinski definition) is 2. The van der Waals surface area contributed by atoms with Crippen LogP contribution >= 0.6 is 0 Å². The fraction of sp³-hybridized carbons (Fsp3) is 0.286. The van der Waals surface area contributed by atoms with Crippen LogP contribution in [0.5, 0.6) is 0 Å². The van der Waals surface area contributed by atoms with Crippen LogP contribution in [-0.4, -0.2) is 29.3 Å². The molecule has 1 heterocycles. The van der Waals surface area contributed by atoms with Gasteiger partial charge in [-0.15, -0.1) is 6.42 Å². The SMILES string of the molecule is C#CC(C)N1C(=O)CNC(=O)C1c1ccccc1. The van der Waals surface area contributed by atoms with Crippen LogP contribution in [-0.2, 0) is 9.59 Å². The number of nitrogens with one attached hydrogen (secondary N) is 1. The van der Waals surface area contributed by atoms with E-state index in [0.29, 0.717) is 0 Å². The average molecular weight is 242 g/mol. The van der Waals surface area contributed by atoms with Crippen LogP contribution in [0.1, 0.15) is 18.5 Å². The maximum Gasteiger partial charge on any atom is 0.247 e. The lowest BCUT2D eigenvalue weighted by atomic mass is 10.0. The van der Waals surface area contributed by atoms with Crippen LogP contribution in [0.2, 0.25) is 0 Å². The summed E-state index contributed by atoms with van der Waals surface area (Å²) < 4.78 is 0. The van der Waals surface area contributed by atoms with Crippen LogP contribution in [0.15, 0.2) is 30.3 Å². The van der Waals surface area contributed by atoms with Crippen molar-refractivity contribution in [3.05, 3.63) is 35.9 Å². The summed E-state index contributed by atoms with van der Waals surface area (Å²) in [6.07, 6.45) is 5.38. The summed E-state index contributed by atoms with van der Waals surface area (Å²) in [4.78, 5) is 25.4. The van der Waals surface area contributed by atoms with Gasteiger partial charge in [0.05, 0.1) is 12.6 Å². The largest absolute Gasteiger partial charge is 0.345 e. The quantitative estimate of drug-likeness (QED) is 0.776. The van der Waals surface area contributed by atoms with Crippen molar-refractivity contribution >= 4 is 11.8 Å². The highest BCUT2D eigenvalue weighted by Gasteiger charge is 2.37. The molecule has 1 aliphatic rings. The molecule has 0 radical (unpaired) electrons. The van der Waals surface area contributed by atoms with Gasteiger partial charge >= 0.3 is 0 Å². The van der Waals surface area contributed by atoms with Crippen molar-refractivity contribution < 1.29 is 9.59 Å². The lowest BCUT2D eigenvalue weighted by Gasteiger charge is -2.37. The maximum absolute atomic E-state index is 12.0. The van der Waals surface area contributed by atoms with Crippen molar-refractivity contribution in [2.45, 2.75) is 19.0 Å². The van der Waals surface area contributed by atoms with Gasteiger partial charge in [0, 0.05) is 0 Å². The van der Waals surface area contributed by atoms with Crippen LogP contribution in [0.3, 0.4) is 0 Å². The van der Waals surface area contributed by atoms with Gasteiger partial charge in [0.15, 0.2) is 0 Å². The highest BCUT2D eigenvalue weighted by atomic mass is 16.2. The standard InChI is InChI=1S/C14H14N2O2/c1-3-10(2)16-12(17)9-15-14(18)13(16)11-7-5-4-6-8-11/h1,4-8,10,13H,9H2,2H3,(H,15,18). The highest BCUT2D eigenvalue weighted by Crippen LogP contribution is 2.25. The van der Waals surface area contributed by atoms with Gasteiger partial charge < -0.3 is 10.2 Å². The van der Waals surface area contributed by atoms with Crippen molar-refractivity contribution in [1.29, 1.82) is 0 Å². The minimum absolute atomic E-state index is 0.00812. The van der Waals surface area contributed by atoms with Gasteiger partial charge in [-0.3, -0.25) is 9.59 Å². The van der Waals surface area contributed by atoms with E-state index < -0.39 is 12.1 Å². The van der Waals surface area contributed by atoms with Crippen molar-refractivity contribution in [3.8, 4) is 12.3 Å². The van der Waals surface area contributed by atoms with Gasteiger partial charge in [0.2, 0.25) is 11.8 Å². The molecule has 2 unspecified atom stereocenters. The molecule has 0 aliphatic carbocycles. The second-order valence-electron chi connectivity index (χ2n) is 4.17. The Morgan fingerprint density at radius 2 is 2.06 bits per heavy atom. The molecular weight excluding hydrogens is 228 g/mol. The maximum atomic E-state index is 12.0. The molecule has 2 rings (SSSR count). The summed E-state index contributed by atoms with van der Waals surface area (Å²) in [6.45, 7) is 1.75. The normalized spacial score (nSPS) is 21.1. The van der Waals surface area contributed by atoms with Gasteiger partial charge in [0.1, 0.15) is 6.04 Å². The minimum Gasteiger partial charge on any atom is -0.345 e. The lowest BCUT2D eigenvalue weighted by Crippen LogP contribution is -2.56. The monoisotopic (exact) mass is 242 g/mol. The van der Waals surface area contributed by atoms with Crippen molar-refractivity contribution in [2.24, 2.45) is 0 Å². The predicted octanol–water partition coefficient (Wildman–Crippen LogP) is 0.708. The Hall–Kier alpha value is -2.28. The fourth-order valence-electron chi connectivity index (χ4n) is 2.09. The molecule has 1 aromatic carbocycles. The second-order valence-corrected chi connectivity index (χ2v) is 4.17. The van der Waals surface area contributed by atoms with E-state index in [-0.39, 0.29) is 18.4 Å². The van der Waals surface area contributed by atoms with Gasteiger partial charge in [-0.1, -0.05) is 36.3 Å². The summed E-state index contributed by atoms with van der Waals surface area (Å²) in [5, 5.41) is 2.59. The number of carbonyl (C=O) groups is 2. The molecule has 0 bridgehead atoms. The van der Waals surface area contributed by atoms with Crippen molar-refractivity contribution in [3.63, 3.8) is 0 Å².